The Morgan fingerprint density at radius 3 is 2.62 bits per heavy atom. The van der Waals surface area contributed by atoms with E-state index in [9.17, 15) is 0 Å². The molecule has 0 spiro atoms. The highest BCUT2D eigenvalue weighted by molar-refractivity contribution is 7.18. The zero-order valence-corrected chi connectivity index (χ0v) is 15.8. The highest BCUT2D eigenvalue weighted by Gasteiger charge is 2.15. The molecule has 1 saturated heterocycles. The Kier molecular flexibility index (Phi) is 4.81. The number of piperazine rings is 1. The van der Waals surface area contributed by atoms with Crippen LogP contribution in [0.1, 0.15) is 5.69 Å². The molecule has 1 aliphatic rings. The van der Waals surface area contributed by atoms with E-state index in [1.165, 1.54) is 5.69 Å². The van der Waals surface area contributed by atoms with Crippen LogP contribution in [0, 0.1) is 6.92 Å². The number of nitrogens with zero attached hydrogens (tertiary/aromatic N) is 5. The normalized spacial score (nSPS) is 15.2. The third-order valence-corrected chi connectivity index (χ3v) is 5.50. The van der Waals surface area contributed by atoms with Gasteiger partial charge in [0.25, 0.3) is 0 Å². The molecule has 0 aliphatic carbocycles. The van der Waals surface area contributed by atoms with Gasteiger partial charge in [-0.15, -0.1) is 0 Å². The van der Waals surface area contributed by atoms with E-state index in [1.54, 1.807) is 11.3 Å². The van der Waals surface area contributed by atoms with Crippen LogP contribution in [0.2, 0.25) is 0 Å². The zero-order chi connectivity index (χ0) is 17.9. The Balaban J connectivity index is 1.49. The molecule has 0 aromatic carbocycles. The summed E-state index contributed by atoms with van der Waals surface area (Å²) in [6.45, 7) is 6.27. The summed E-state index contributed by atoms with van der Waals surface area (Å²) >= 11 is 1.62. The molecule has 4 rings (SSSR count). The van der Waals surface area contributed by atoms with Gasteiger partial charge in [0.1, 0.15) is 5.82 Å². The SMILES string of the molecule is Cc1cc(-c2cnc(Nc3cc(N4CCN(C)CC4)ccn3)s2)ccn1. The molecule has 7 heteroatoms. The molecule has 1 aliphatic heterocycles. The topological polar surface area (TPSA) is 57.2 Å². The number of hydrogen-bond donors (Lipinski definition) is 1. The lowest BCUT2D eigenvalue weighted by atomic mass is 10.2. The first-order chi connectivity index (χ1) is 12.7. The van der Waals surface area contributed by atoms with Crippen molar-refractivity contribution >= 4 is 28.0 Å². The van der Waals surface area contributed by atoms with Gasteiger partial charge in [-0.05, 0) is 37.7 Å². The van der Waals surface area contributed by atoms with E-state index in [0.717, 1.165) is 53.3 Å². The first-order valence-corrected chi connectivity index (χ1v) is 9.54. The monoisotopic (exact) mass is 366 g/mol. The molecular weight excluding hydrogens is 344 g/mol. The van der Waals surface area contributed by atoms with Gasteiger partial charge in [0.2, 0.25) is 0 Å². The fourth-order valence-corrected chi connectivity index (χ4v) is 3.84. The molecule has 134 valence electrons. The lowest BCUT2D eigenvalue weighted by Crippen LogP contribution is -2.44. The van der Waals surface area contributed by atoms with E-state index < -0.39 is 0 Å². The van der Waals surface area contributed by atoms with Gasteiger partial charge in [0, 0.05) is 62.2 Å². The number of likely N-dealkylation sites (N-methyl/N-ethyl adjacent to an activating group) is 1. The molecule has 0 radical (unpaired) electrons. The fourth-order valence-electron chi connectivity index (χ4n) is 3.02. The lowest BCUT2D eigenvalue weighted by molar-refractivity contribution is 0.313. The van der Waals surface area contributed by atoms with Crippen molar-refractivity contribution in [3.05, 3.63) is 48.5 Å². The van der Waals surface area contributed by atoms with Gasteiger partial charge in [0.05, 0.1) is 4.88 Å². The zero-order valence-electron chi connectivity index (χ0n) is 15.0. The second-order valence-corrected chi connectivity index (χ2v) is 7.56. The predicted molar refractivity (Wildman–Crippen MR) is 107 cm³/mol. The number of pyridine rings is 2. The number of anilines is 3. The molecule has 0 atom stereocenters. The highest BCUT2D eigenvalue weighted by atomic mass is 32.1. The molecule has 4 heterocycles. The summed E-state index contributed by atoms with van der Waals surface area (Å²) in [4.78, 5) is 19.1. The highest BCUT2D eigenvalue weighted by Crippen LogP contribution is 2.31. The molecule has 0 saturated carbocycles. The van der Waals surface area contributed by atoms with Gasteiger partial charge in [-0.2, -0.15) is 0 Å². The van der Waals surface area contributed by atoms with Crippen LogP contribution >= 0.6 is 11.3 Å². The second-order valence-electron chi connectivity index (χ2n) is 6.53. The van der Waals surface area contributed by atoms with E-state index in [4.69, 9.17) is 0 Å². The van der Waals surface area contributed by atoms with Crippen molar-refractivity contribution in [3.63, 3.8) is 0 Å². The van der Waals surface area contributed by atoms with Crippen molar-refractivity contribution in [1.29, 1.82) is 0 Å². The minimum absolute atomic E-state index is 0.827. The third kappa shape index (κ3) is 3.84. The Bertz CT molecular complexity index is 885. The Labute approximate surface area is 157 Å². The summed E-state index contributed by atoms with van der Waals surface area (Å²) < 4.78 is 0. The maximum Gasteiger partial charge on any atom is 0.188 e. The van der Waals surface area contributed by atoms with Crippen molar-refractivity contribution in [2.75, 3.05) is 43.4 Å². The fraction of sp³-hybridized carbons (Fsp3) is 0.316. The van der Waals surface area contributed by atoms with E-state index >= 15 is 0 Å². The third-order valence-electron chi connectivity index (χ3n) is 4.53. The summed E-state index contributed by atoms with van der Waals surface area (Å²) in [5.41, 5.74) is 3.35. The van der Waals surface area contributed by atoms with Crippen molar-refractivity contribution in [2.24, 2.45) is 0 Å². The van der Waals surface area contributed by atoms with Crippen molar-refractivity contribution in [2.45, 2.75) is 6.92 Å². The maximum absolute atomic E-state index is 4.50. The molecule has 26 heavy (non-hydrogen) atoms. The lowest BCUT2D eigenvalue weighted by Gasteiger charge is -2.34. The van der Waals surface area contributed by atoms with Crippen molar-refractivity contribution in [3.8, 4) is 10.4 Å². The van der Waals surface area contributed by atoms with Gasteiger partial charge in [-0.1, -0.05) is 11.3 Å². The van der Waals surface area contributed by atoms with Crippen molar-refractivity contribution < 1.29 is 0 Å². The average Bonchev–Trinajstić information content (AvgIpc) is 3.11. The van der Waals surface area contributed by atoms with E-state index in [2.05, 4.69) is 55.3 Å². The quantitative estimate of drug-likeness (QED) is 0.764. The van der Waals surface area contributed by atoms with Gasteiger partial charge < -0.3 is 15.1 Å². The van der Waals surface area contributed by atoms with Crippen LogP contribution in [0.25, 0.3) is 10.4 Å². The van der Waals surface area contributed by atoms with E-state index in [1.807, 2.05) is 31.6 Å². The van der Waals surface area contributed by atoms with Gasteiger partial charge in [-0.25, -0.2) is 9.97 Å². The number of aryl methyl sites for hydroxylation is 1. The summed E-state index contributed by atoms with van der Waals surface area (Å²) in [5.74, 6) is 0.827. The van der Waals surface area contributed by atoms with E-state index in [-0.39, 0.29) is 0 Å². The smallest absolute Gasteiger partial charge is 0.188 e. The van der Waals surface area contributed by atoms with Gasteiger partial charge in [0.15, 0.2) is 5.13 Å². The van der Waals surface area contributed by atoms with E-state index in [0.29, 0.717) is 0 Å². The molecular formula is C19H22N6S. The number of hydrogen-bond acceptors (Lipinski definition) is 7. The van der Waals surface area contributed by atoms with Crippen molar-refractivity contribution in [1.82, 2.24) is 19.9 Å². The number of aromatic nitrogens is 3. The minimum Gasteiger partial charge on any atom is -0.369 e. The second kappa shape index (κ2) is 7.39. The van der Waals surface area contributed by atoms with Gasteiger partial charge >= 0.3 is 0 Å². The first kappa shape index (κ1) is 16.9. The van der Waals surface area contributed by atoms with Crippen LogP contribution in [0.3, 0.4) is 0 Å². The Hall–Kier alpha value is -2.51. The molecule has 0 bridgehead atoms. The van der Waals surface area contributed by atoms with Crippen LogP contribution in [0.4, 0.5) is 16.6 Å². The summed E-state index contributed by atoms with van der Waals surface area (Å²) in [6.07, 6.45) is 5.58. The number of nitrogens with one attached hydrogen (secondary N) is 1. The average molecular weight is 366 g/mol. The molecule has 3 aromatic heterocycles. The predicted octanol–water partition coefficient (Wildman–Crippen LogP) is 3.40. The molecule has 3 aromatic rings. The number of thiazole rings is 1. The maximum atomic E-state index is 4.50. The van der Waals surface area contributed by atoms with Gasteiger partial charge in [-0.3, -0.25) is 4.98 Å². The Morgan fingerprint density at radius 1 is 1.00 bits per heavy atom. The summed E-state index contributed by atoms with van der Waals surface area (Å²) in [5, 5.41) is 4.19. The van der Waals surface area contributed by atoms with Crippen LogP contribution in [0.15, 0.2) is 42.9 Å². The summed E-state index contributed by atoms with van der Waals surface area (Å²) in [7, 11) is 2.17. The molecule has 1 fully saturated rings. The number of rotatable bonds is 4. The first-order valence-electron chi connectivity index (χ1n) is 8.73. The van der Waals surface area contributed by atoms with Crippen LogP contribution in [-0.4, -0.2) is 53.1 Å². The standard InChI is InChI=1S/C19H22N6S/c1-14-11-15(3-5-20-14)17-13-22-19(26-17)23-18-12-16(4-6-21-18)25-9-7-24(2)8-10-25/h3-6,11-13H,7-10H2,1-2H3,(H,21,22,23). The molecule has 0 unspecified atom stereocenters. The molecule has 0 amide bonds. The largest absolute Gasteiger partial charge is 0.369 e. The minimum atomic E-state index is 0.827. The van der Waals surface area contributed by atoms with Crippen LogP contribution in [-0.2, 0) is 0 Å². The molecule has 6 nitrogen and oxygen atoms in total. The molecule has 1 N–H and O–H groups in total. The summed E-state index contributed by atoms with van der Waals surface area (Å²) in [6, 6.07) is 8.26. The van der Waals surface area contributed by atoms with Crippen LogP contribution < -0.4 is 10.2 Å². The Morgan fingerprint density at radius 2 is 1.81 bits per heavy atom. The van der Waals surface area contributed by atoms with Crippen LogP contribution in [0.5, 0.6) is 0 Å².